The van der Waals surface area contributed by atoms with E-state index in [0.717, 1.165) is 16.7 Å². The van der Waals surface area contributed by atoms with Crippen LogP contribution in [0.25, 0.3) is 0 Å². The normalized spacial score (nSPS) is 12.6. The van der Waals surface area contributed by atoms with Gasteiger partial charge in [-0.2, -0.15) is 0 Å². The van der Waals surface area contributed by atoms with Crippen LogP contribution in [-0.4, -0.2) is 46.9 Å². The first-order valence-electron chi connectivity index (χ1n) is 12.9. The van der Waals surface area contributed by atoms with E-state index in [1.165, 1.54) is 11.0 Å². The molecule has 0 aromatic heterocycles. The quantitative estimate of drug-likeness (QED) is 0.365. The van der Waals surface area contributed by atoms with Crippen molar-refractivity contribution < 1.29 is 23.9 Å². The van der Waals surface area contributed by atoms with Crippen LogP contribution in [0.3, 0.4) is 0 Å². The molecule has 0 saturated heterocycles. The van der Waals surface area contributed by atoms with Crippen LogP contribution in [0.1, 0.15) is 61.9 Å². The number of para-hydroxylation sites is 1. The van der Waals surface area contributed by atoms with Crippen molar-refractivity contribution in [2.45, 2.75) is 72.1 Å². The Labute approximate surface area is 230 Å². The standard InChI is InChI=1S/C30H40N4O5/c1-8-18-34(28(37)23(16-17-24(31)35)33-29(38)39-30(5,6)7)26(25-20(3)13-11-14-21(25)4)27(36)32-22-15-10-9-12-19(22)2/h8-15,23,26H,1,16-18H2,2-7H3,(H2,31,35)(H,32,36)(H,33,38). The summed E-state index contributed by atoms with van der Waals surface area (Å²) in [5.74, 6) is -1.63. The number of nitrogens with zero attached hydrogens (tertiary/aromatic N) is 1. The van der Waals surface area contributed by atoms with Gasteiger partial charge in [0.1, 0.15) is 17.7 Å². The predicted molar refractivity (Wildman–Crippen MR) is 152 cm³/mol. The first-order chi connectivity index (χ1) is 18.2. The first-order valence-corrected chi connectivity index (χ1v) is 12.9. The minimum absolute atomic E-state index is 0.00152. The average Bonchev–Trinajstić information content (AvgIpc) is 2.82. The fourth-order valence-corrected chi connectivity index (χ4v) is 4.26. The summed E-state index contributed by atoms with van der Waals surface area (Å²) in [5, 5.41) is 5.54. The van der Waals surface area contributed by atoms with Crippen molar-refractivity contribution in [3.8, 4) is 0 Å². The second-order valence-corrected chi connectivity index (χ2v) is 10.5. The molecule has 2 rings (SSSR count). The number of anilines is 1. The molecule has 0 spiro atoms. The summed E-state index contributed by atoms with van der Waals surface area (Å²) in [4.78, 5) is 53.6. The van der Waals surface area contributed by atoms with Gasteiger partial charge in [0.15, 0.2) is 0 Å². The maximum atomic E-state index is 14.1. The molecule has 4 amide bonds. The SMILES string of the molecule is C=CCN(C(=O)C(CCC(N)=O)NC(=O)OC(C)(C)C)C(C(=O)Nc1ccccc1C)c1c(C)cccc1C. The Kier molecular flexibility index (Phi) is 10.8. The molecule has 0 aliphatic rings. The summed E-state index contributed by atoms with van der Waals surface area (Å²) in [6.07, 6.45) is 0.465. The lowest BCUT2D eigenvalue weighted by atomic mass is 9.93. The van der Waals surface area contributed by atoms with Crippen LogP contribution in [0.2, 0.25) is 0 Å². The van der Waals surface area contributed by atoms with Gasteiger partial charge in [0.05, 0.1) is 0 Å². The van der Waals surface area contributed by atoms with Crippen LogP contribution in [-0.2, 0) is 19.1 Å². The third kappa shape index (κ3) is 8.98. The fourth-order valence-electron chi connectivity index (χ4n) is 4.26. The highest BCUT2D eigenvalue weighted by molar-refractivity contribution is 6.00. The Bertz CT molecular complexity index is 1200. The summed E-state index contributed by atoms with van der Waals surface area (Å²) in [6.45, 7) is 14.5. The number of benzene rings is 2. The molecular weight excluding hydrogens is 496 g/mol. The van der Waals surface area contributed by atoms with Crippen LogP contribution >= 0.6 is 0 Å². The number of carbonyl (C=O) groups excluding carboxylic acids is 4. The van der Waals surface area contributed by atoms with E-state index in [1.54, 1.807) is 26.8 Å². The number of amides is 4. The zero-order chi connectivity index (χ0) is 29.3. The highest BCUT2D eigenvalue weighted by Gasteiger charge is 2.37. The van der Waals surface area contributed by atoms with Crippen molar-refractivity contribution in [3.63, 3.8) is 0 Å². The average molecular weight is 537 g/mol. The van der Waals surface area contributed by atoms with Crippen LogP contribution in [0, 0.1) is 20.8 Å². The largest absolute Gasteiger partial charge is 0.444 e. The summed E-state index contributed by atoms with van der Waals surface area (Å²) in [6, 6.07) is 10.7. The maximum Gasteiger partial charge on any atom is 0.408 e. The molecule has 9 nitrogen and oxygen atoms in total. The van der Waals surface area contributed by atoms with Crippen molar-refractivity contribution in [1.82, 2.24) is 10.2 Å². The zero-order valence-corrected chi connectivity index (χ0v) is 23.7. The highest BCUT2D eigenvalue weighted by Crippen LogP contribution is 2.30. The summed E-state index contributed by atoms with van der Waals surface area (Å²) >= 11 is 0. The Balaban J connectivity index is 2.59. The van der Waals surface area contributed by atoms with E-state index in [0.29, 0.717) is 11.3 Å². The molecule has 2 aromatic carbocycles. The number of ether oxygens (including phenoxy) is 1. The van der Waals surface area contributed by atoms with Gasteiger partial charge in [0.2, 0.25) is 11.8 Å². The van der Waals surface area contributed by atoms with Gasteiger partial charge < -0.3 is 26.0 Å². The van der Waals surface area contributed by atoms with Gasteiger partial charge in [-0.3, -0.25) is 14.4 Å². The van der Waals surface area contributed by atoms with E-state index in [1.807, 2.05) is 57.2 Å². The Morgan fingerprint density at radius 2 is 1.59 bits per heavy atom. The highest BCUT2D eigenvalue weighted by atomic mass is 16.6. The van der Waals surface area contributed by atoms with Gasteiger partial charge in [-0.25, -0.2) is 4.79 Å². The number of alkyl carbamates (subject to hydrolysis) is 1. The summed E-state index contributed by atoms with van der Waals surface area (Å²) in [7, 11) is 0. The third-order valence-electron chi connectivity index (χ3n) is 6.06. The lowest BCUT2D eigenvalue weighted by Crippen LogP contribution is -2.52. The molecule has 0 fully saturated rings. The maximum absolute atomic E-state index is 14.1. The number of hydrogen-bond acceptors (Lipinski definition) is 5. The molecule has 0 aliphatic heterocycles. The van der Waals surface area contributed by atoms with E-state index in [2.05, 4.69) is 17.2 Å². The number of nitrogens with two attached hydrogens (primary N) is 1. The van der Waals surface area contributed by atoms with Gasteiger partial charge in [-0.1, -0.05) is 42.5 Å². The molecule has 210 valence electrons. The number of rotatable bonds is 11. The van der Waals surface area contributed by atoms with Crippen LogP contribution in [0.15, 0.2) is 55.1 Å². The summed E-state index contributed by atoms with van der Waals surface area (Å²) in [5.41, 5.74) is 8.31. The van der Waals surface area contributed by atoms with Gasteiger partial charge >= 0.3 is 6.09 Å². The van der Waals surface area contributed by atoms with E-state index in [9.17, 15) is 19.2 Å². The lowest BCUT2D eigenvalue weighted by molar-refractivity contribution is -0.140. The molecular formula is C30H40N4O5. The van der Waals surface area contributed by atoms with Crippen LogP contribution in [0.5, 0.6) is 0 Å². The monoisotopic (exact) mass is 536 g/mol. The molecule has 0 bridgehead atoms. The Morgan fingerprint density at radius 3 is 2.13 bits per heavy atom. The van der Waals surface area contributed by atoms with E-state index in [4.69, 9.17) is 10.5 Å². The molecule has 0 saturated carbocycles. The number of nitrogens with one attached hydrogen (secondary N) is 2. The first kappa shape index (κ1) is 31.1. The Morgan fingerprint density at radius 1 is 1.00 bits per heavy atom. The number of carbonyl (C=O) groups is 4. The van der Waals surface area contributed by atoms with Crippen molar-refractivity contribution >= 4 is 29.5 Å². The fraction of sp³-hybridized carbons (Fsp3) is 0.400. The molecule has 4 N–H and O–H groups in total. The van der Waals surface area contributed by atoms with Crippen molar-refractivity contribution in [1.29, 1.82) is 0 Å². The topological polar surface area (TPSA) is 131 Å². The number of hydrogen-bond donors (Lipinski definition) is 3. The molecule has 2 atom stereocenters. The predicted octanol–water partition coefficient (Wildman–Crippen LogP) is 4.47. The number of aryl methyl sites for hydroxylation is 3. The van der Waals surface area contributed by atoms with Crippen molar-refractivity contribution in [3.05, 3.63) is 77.4 Å². The zero-order valence-electron chi connectivity index (χ0n) is 23.7. The molecule has 2 aromatic rings. The van der Waals surface area contributed by atoms with E-state index >= 15 is 0 Å². The second kappa shape index (κ2) is 13.6. The van der Waals surface area contributed by atoms with Crippen LogP contribution in [0.4, 0.5) is 10.5 Å². The molecule has 0 aliphatic carbocycles. The molecule has 2 unspecified atom stereocenters. The molecule has 0 radical (unpaired) electrons. The number of primary amides is 1. The third-order valence-corrected chi connectivity index (χ3v) is 6.06. The van der Waals surface area contributed by atoms with Gasteiger partial charge in [0, 0.05) is 18.7 Å². The molecule has 9 heteroatoms. The van der Waals surface area contributed by atoms with Crippen LogP contribution < -0.4 is 16.4 Å². The minimum atomic E-state index is -1.18. The van der Waals surface area contributed by atoms with Gasteiger partial charge in [-0.05, 0) is 76.3 Å². The molecule has 0 heterocycles. The second-order valence-electron chi connectivity index (χ2n) is 10.5. The lowest BCUT2D eigenvalue weighted by Gasteiger charge is -2.35. The van der Waals surface area contributed by atoms with Crippen molar-refractivity contribution in [2.75, 3.05) is 11.9 Å². The summed E-state index contributed by atoms with van der Waals surface area (Å²) < 4.78 is 5.35. The van der Waals surface area contributed by atoms with Gasteiger partial charge in [0.25, 0.3) is 5.91 Å². The van der Waals surface area contributed by atoms with Crippen molar-refractivity contribution in [2.24, 2.45) is 5.73 Å². The smallest absolute Gasteiger partial charge is 0.408 e. The van der Waals surface area contributed by atoms with Gasteiger partial charge in [-0.15, -0.1) is 6.58 Å². The van der Waals surface area contributed by atoms with E-state index in [-0.39, 0.29) is 19.4 Å². The minimum Gasteiger partial charge on any atom is -0.444 e. The van der Waals surface area contributed by atoms with E-state index < -0.39 is 41.5 Å². The Hall–Kier alpha value is -4.14. The molecule has 39 heavy (non-hydrogen) atoms.